The number of nitrogens with one attached hydrogen (secondary N) is 1. The van der Waals surface area contributed by atoms with Crippen LogP contribution in [0.25, 0.3) is 0 Å². The van der Waals surface area contributed by atoms with E-state index < -0.39 is 0 Å². The Hall–Kier alpha value is -1.98. The Morgan fingerprint density at radius 3 is 2.79 bits per heavy atom. The zero-order valence-corrected chi connectivity index (χ0v) is 10.7. The van der Waals surface area contributed by atoms with Crippen molar-refractivity contribution in [1.29, 1.82) is 0 Å². The molecule has 0 aliphatic heterocycles. The Labute approximate surface area is 111 Å². The third kappa shape index (κ3) is 3.07. The second kappa shape index (κ2) is 5.77. The molecule has 0 aliphatic rings. The molecule has 0 spiro atoms. The molecule has 1 aromatic carbocycles. The van der Waals surface area contributed by atoms with Crippen molar-refractivity contribution >= 4 is 5.69 Å². The first-order valence-electron chi connectivity index (χ1n) is 6.02. The molecule has 0 bridgehead atoms. The first-order valence-corrected chi connectivity index (χ1v) is 6.02. The number of nitrogen functional groups attached to an aromatic ring is 1. The SMILES string of the molecule is Cc1cc(F)ccc1C(Cc1cnccc1N)NN. The molecule has 5 N–H and O–H groups in total. The van der Waals surface area contributed by atoms with E-state index in [4.69, 9.17) is 11.6 Å². The third-order valence-corrected chi connectivity index (χ3v) is 3.17. The van der Waals surface area contributed by atoms with Gasteiger partial charge in [0.15, 0.2) is 0 Å². The minimum absolute atomic E-state index is 0.132. The average Bonchev–Trinajstić information content (AvgIpc) is 2.39. The van der Waals surface area contributed by atoms with Gasteiger partial charge in [0.05, 0.1) is 6.04 Å². The number of hydrogen-bond acceptors (Lipinski definition) is 4. The quantitative estimate of drug-likeness (QED) is 0.579. The van der Waals surface area contributed by atoms with Crippen LogP contribution < -0.4 is 17.0 Å². The number of hydrogen-bond donors (Lipinski definition) is 3. The molecule has 0 saturated carbocycles. The smallest absolute Gasteiger partial charge is 0.123 e. The Morgan fingerprint density at radius 1 is 1.37 bits per heavy atom. The summed E-state index contributed by atoms with van der Waals surface area (Å²) >= 11 is 0. The van der Waals surface area contributed by atoms with E-state index in [9.17, 15) is 4.39 Å². The van der Waals surface area contributed by atoms with Crippen molar-refractivity contribution in [3.8, 4) is 0 Å². The van der Waals surface area contributed by atoms with Crippen molar-refractivity contribution in [2.24, 2.45) is 5.84 Å². The fraction of sp³-hybridized carbons (Fsp3) is 0.214. The minimum atomic E-state index is -0.252. The fourth-order valence-corrected chi connectivity index (χ4v) is 2.12. The Bertz CT molecular complexity index is 571. The van der Waals surface area contributed by atoms with Gasteiger partial charge in [-0.25, -0.2) is 4.39 Å². The second-order valence-corrected chi connectivity index (χ2v) is 4.50. The van der Waals surface area contributed by atoms with Crippen LogP contribution in [0.5, 0.6) is 0 Å². The number of rotatable bonds is 4. The lowest BCUT2D eigenvalue weighted by Gasteiger charge is -2.19. The molecule has 100 valence electrons. The van der Waals surface area contributed by atoms with Crippen molar-refractivity contribution in [1.82, 2.24) is 10.4 Å². The van der Waals surface area contributed by atoms with E-state index >= 15 is 0 Å². The predicted octanol–water partition coefficient (Wildman–Crippen LogP) is 1.86. The molecule has 1 atom stereocenters. The molecular weight excluding hydrogens is 243 g/mol. The Kier molecular flexibility index (Phi) is 4.09. The largest absolute Gasteiger partial charge is 0.398 e. The molecule has 0 aliphatic carbocycles. The maximum Gasteiger partial charge on any atom is 0.123 e. The van der Waals surface area contributed by atoms with Gasteiger partial charge in [0.1, 0.15) is 5.82 Å². The highest BCUT2D eigenvalue weighted by Crippen LogP contribution is 2.23. The lowest BCUT2D eigenvalue weighted by atomic mass is 9.96. The number of nitrogens with two attached hydrogens (primary N) is 2. The van der Waals surface area contributed by atoms with Crippen LogP contribution >= 0.6 is 0 Å². The first-order chi connectivity index (χ1) is 9.11. The third-order valence-electron chi connectivity index (χ3n) is 3.17. The zero-order chi connectivity index (χ0) is 13.8. The molecule has 0 radical (unpaired) electrons. The zero-order valence-electron chi connectivity index (χ0n) is 10.7. The standard InChI is InChI=1S/C14H17FN4/c1-9-6-11(15)2-3-12(9)14(19-17)7-10-8-18-5-4-13(10)16/h2-6,8,14,19H,7,17H2,1H3,(H2,16,18). The summed E-state index contributed by atoms with van der Waals surface area (Å²) in [5.41, 5.74) is 12.0. The van der Waals surface area contributed by atoms with Crippen LogP contribution in [0.3, 0.4) is 0 Å². The van der Waals surface area contributed by atoms with Gasteiger partial charge in [-0.3, -0.25) is 16.3 Å². The first kappa shape index (κ1) is 13.5. The van der Waals surface area contributed by atoms with Crippen LogP contribution in [0.4, 0.5) is 10.1 Å². The number of hydrazine groups is 1. The summed E-state index contributed by atoms with van der Waals surface area (Å²) in [7, 11) is 0. The summed E-state index contributed by atoms with van der Waals surface area (Å²) in [4.78, 5) is 4.05. The van der Waals surface area contributed by atoms with Crippen LogP contribution in [-0.2, 0) is 6.42 Å². The van der Waals surface area contributed by atoms with Crippen LogP contribution in [0.2, 0.25) is 0 Å². The molecule has 19 heavy (non-hydrogen) atoms. The van der Waals surface area contributed by atoms with Crippen molar-refractivity contribution in [3.05, 3.63) is 59.2 Å². The van der Waals surface area contributed by atoms with Gasteiger partial charge in [0.25, 0.3) is 0 Å². The molecule has 1 heterocycles. The van der Waals surface area contributed by atoms with Crippen molar-refractivity contribution in [2.75, 3.05) is 5.73 Å². The summed E-state index contributed by atoms with van der Waals surface area (Å²) in [5, 5.41) is 0. The van der Waals surface area contributed by atoms with Gasteiger partial charge < -0.3 is 5.73 Å². The highest BCUT2D eigenvalue weighted by molar-refractivity contribution is 5.45. The van der Waals surface area contributed by atoms with E-state index in [1.807, 2.05) is 6.92 Å². The molecule has 2 aromatic rings. The minimum Gasteiger partial charge on any atom is -0.398 e. The maximum absolute atomic E-state index is 13.1. The van der Waals surface area contributed by atoms with Gasteiger partial charge >= 0.3 is 0 Å². The number of anilines is 1. The molecule has 0 fully saturated rings. The molecule has 1 aromatic heterocycles. The molecule has 0 amide bonds. The van der Waals surface area contributed by atoms with Gasteiger partial charge in [-0.05, 0) is 48.2 Å². The normalized spacial score (nSPS) is 12.4. The van der Waals surface area contributed by atoms with E-state index in [0.29, 0.717) is 12.1 Å². The molecular formula is C14H17FN4. The predicted molar refractivity (Wildman–Crippen MR) is 73.6 cm³/mol. The van der Waals surface area contributed by atoms with Gasteiger partial charge in [-0.2, -0.15) is 0 Å². The van der Waals surface area contributed by atoms with Crippen LogP contribution in [0, 0.1) is 12.7 Å². The van der Waals surface area contributed by atoms with Crippen molar-refractivity contribution in [3.63, 3.8) is 0 Å². The van der Waals surface area contributed by atoms with Gasteiger partial charge in [-0.1, -0.05) is 6.07 Å². The van der Waals surface area contributed by atoms with E-state index in [0.717, 1.165) is 16.7 Å². The van der Waals surface area contributed by atoms with E-state index in [1.54, 1.807) is 24.5 Å². The number of aromatic nitrogens is 1. The van der Waals surface area contributed by atoms with Crippen LogP contribution in [0.15, 0.2) is 36.7 Å². The second-order valence-electron chi connectivity index (χ2n) is 4.50. The molecule has 1 unspecified atom stereocenters. The highest BCUT2D eigenvalue weighted by Gasteiger charge is 2.14. The topological polar surface area (TPSA) is 77.0 Å². The van der Waals surface area contributed by atoms with Gasteiger partial charge in [0.2, 0.25) is 0 Å². The van der Waals surface area contributed by atoms with Crippen LogP contribution in [-0.4, -0.2) is 4.98 Å². The number of benzene rings is 1. The molecule has 0 saturated heterocycles. The Morgan fingerprint density at radius 2 is 2.16 bits per heavy atom. The fourth-order valence-electron chi connectivity index (χ4n) is 2.12. The van der Waals surface area contributed by atoms with Crippen molar-refractivity contribution < 1.29 is 4.39 Å². The lowest BCUT2D eigenvalue weighted by molar-refractivity contribution is 0.546. The lowest BCUT2D eigenvalue weighted by Crippen LogP contribution is -2.30. The molecule has 4 nitrogen and oxygen atoms in total. The number of nitrogens with zero attached hydrogens (tertiary/aromatic N) is 1. The summed E-state index contributed by atoms with van der Waals surface area (Å²) in [6, 6.07) is 6.28. The number of halogens is 1. The van der Waals surface area contributed by atoms with Gasteiger partial charge in [-0.15, -0.1) is 0 Å². The van der Waals surface area contributed by atoms with Crippen LogP contribution in [0.1, 0.15) is 22.7 Å². The summed E-state index contributed by atoms with van der Waals surface area (Å²) in [6.45, 7) is 1.86. The van der Waals surface area contributed by atoms with Gasteiger partial charge in [0, 0.05) is 18.1 Å². The summed E-state index contributed by atoms with van der Waals surface area (Å²) in [6.07, 6.45) is 3.97. The van der Waals surface area contributed by atoms with E-state index in [1.165, 1.54) is 12.1 Å². The van der Waals surface area contributed by atoms with E-state index in [-0.39, 0.29) is 11.9 Å². The summed E-state index contributed by atoms with van der Waals surface area (Å²) < 4.78 is 13.1. The van der Waals surface area contributed by atoms with Crippen molar-refractivity contribution in [2.45, 2.75) is 19.4 Å². The van der Waals surface area contributed by atoms with E-state index in [2.05, 4.69) is 10.4 Å². The monoisotopic (exact) mass is 260 g/mol. The summed E-state index contributed by atoms with van der Waals surface area (Å²) in [5.74, 6) is 5.35. The highest BCUT2D eigenvalue weighted by atomic mass is 19.1. The Balaban J connectivity index is 2.28. The maximum atomic E-state index is 13.1. The average molecular weight is 260 g/mol. The molecule has 2 rings (SSSR count). The number of aryl methyl sites for hydroxylation is 1. The molecule has 5 heteroatoms. The number of pyridine rings is 1.